The van der Waals surface area contributed by atoms with Gasteiger partial charge in [0.1, 0.15) is 0 Å². The van der Waals surface area contributed by atoms with Gasteiger partial charge in [-0.15, -0.1) is 0 Å². The van der Waals surface area contributed by atoms with Gasteiger partial charge in [0.05, 0.1) is 0 Å². The molecule has 0 saturated carbocycles. The number of aryl methyl sites for hydroxylation is 1. The van der Waals surface area contributed by atoms with Crippen LogP contribution in [0.25, 0.3) is 11.1 Å². The Morgan fingerprint density at radius 2 is 1.74 bits per heavy atom. The van der Waals surface area contributed by atoms with Gasteiger partial charge in [-0.05, 0) is 43.8 Å². The lowest BCUT2D eigenvalue weighted by molar-refractivity contribution is -0.130. The molecule has 1 amide bonds. The van der Waals surface area contributed by atoms with Crippen molar-refractivity contribution in [2.75, 3.05) is 46.8 Å². The third kappa shape index (κ3) is 5.65. The highest BCUT2D eigenvalue weighted by Gasteiger charge is 2.20. The summed E-state index contributed by atoms with van der Waals surface area (Å²) in [4.78, 5) is 18.9. The highest BCUT2D eigenvalue weighted by atomic mass is 16.2. The third-order valence-corrected chi connectivity index (χ3v) is 5.22. The number of rotatable bonds is 6. The van der Waals surface area contributed by atoms with E-state index in [1.807, 2.05) is 4.90 Å². The number of likely N-dealkylation sites (N-methyl/N-ethyl adjacent to an activating group) is 1. The molecule has 0 aromatic heterocycles. The second-order valence-corrected chi connectivity index (χ2v) is 7.78. The molecule has 2 aromatic rings. The number of hydrogen-bond acceptors (Lipinski definition) is 3. The molecule has 1 heterocycles. The van der Waals surface area contributed by atoms with Gasteiger partial charge in [-0.1, -0.05) is 48.0 Å². The minimum atomic E-state index is 0.285. The third-order valence-electron chi connectivity index (χ3n) is 5.22. The van der Waals surface area contributed by atoms with Crippen molar-refractivity contribution < 1.29 is 4.79 Å². The molecule has 0 bridgehead atoms. The maximum absolute atomic E-state index is 12.4. The molecule has 27 heavy (non-hydrogen) atoms. The van der Waals surface area contributed by atoms with Gasteiger partial charge in [0.2, 0.25) is 5.91 Å². The Labute approximate surface area is 163 Å². The van der Waals surface area contributed by atoms with Crippen LogP contribution >= 0.6 is 0 Å². The summed E-state index contributed by atoms with van der Waals surface area (Å²) in [6.07, 6.45) is 0.616. The maximum Gasteiger partial charge on any atom is 0.223 e. The number of hydrogen-bond donors (Lipinski definition) is 0. The van der Waals surface area contributed by atoms with Gasteiger partial charge in [-0.2, -0.15) is 0 Å². The summed E-state index contributed by atoms with van der Waals surface area (Å²) >= 11 is 0. The lowest BCUT2D eigenvalue weighted by Crippen LogP contribution is -2.37. The lowest BCUT2D eigenvalue weighted by Gasteiger charge is -2.23. The van der Waals surface area contributed by atoms with Crippen molar-refractivity contribution in [3.8, 4) is 11.1 Å². The average molecular weight is 366 g/mol. The molecule has 0 unspecified atom stereocenters. The molecule has 4 nitrogen and oxygen atoms in total. The standard InChI is InChI=1S/C23H31N3O/c1-19-7-9-21(10-8-19)22-6-4-5-20(17-22)18-25-12-11-23(27)26(16-14-25)15-13-24(2)3/h4-10,17H,11-16,18H2,1-3H3. The molecule has 1 aliphatic heterocycles. The van der Waals surface area contributed by atoms with Gasteiger partial charge in [-0.25, -0.2) is 0 Å². The van der Waals surface area contributed by atoms with Crippen LogP contribution in [0, 0.1) is 6.92 Å². The maximum atomic E-state index is 12.4. The van der Waals surface area contributed by atoms with E-state index in [9.17, 15) is 4.79 Å². The Bertz CT molecular complexity index is 754. The molecule has 0 aliphatic carbocycles. The first-order valence-corrected chi connectivity index (χ1v) is 9.82. The monoisotopic (exact) mass is 365 g/mol. The predicted octanol–water partition coefficient (Wildman–Crippen LogP) is 3.26. The summed E-state index contributed by atoms with van der Waals surface area (Å²) in [6, 6.07) is 17.5. The van der Waals surface area contributed by atoms with E-state index >= 15 is 0 Å². The van der Waals surface area contributed by atoms with E-state index in [0.717, 1.165) is 39.3 Å². The Hall–Kier alpha value is -2.17. The highest BCUT2D eigenvalue weighted by molar-refractivity contribution is 5.76. The number of carbonyl (C=O) groups is 1. The van der Waals surface area contributed by atoms with Crippen molar-refractivity contribution in [2.45, 2.75) is 19.9 Å². The van der Waals surface area contributed by atoms with Crippen LogP contribution in [-0.4, -0.2) is 67.4 Å². The van der Waals surface area contributed by atoms with Crippen molar-refractivity contribution >= 4 is 5.91 Å². The van der Waals surface area contributed by atoms with E-state index in [1.165, 1.54) is 22.3 Å². The van der Waals surface area contributed by atoms with Gasteiger partial charge in [0.15, 0.2) is 0 Å². The van der Waals surface area contributed by atoms with E-state index in [4.69, 9.17) is 0 Å². The Balaban J connectivity index is 1.63. The van der Waals surface area contributed by atoms with Crippen molar-refractivity contribution in [2.24, 2.45) is 0 Å². The van der Waals surface area contributed by atoms with Gasteiger partial charge in [0.25, 0.3) is 0 Å². The van der Waals surface area contributed by atoms with Gasteiger partial charge >= 0.3 is 0 Å². The Kier molecular flexibility index (Phi) is 6.64. The molecule has 0 N–H and O–H groups in total. The molecule has 0 spiro atoms. The van der Waals surface area contributed by atoms with Crippen LogP contribution in [-0.2, 0) is 11.3 Å². The van der Waals surface area contributed by atoms with Gasteiger partial charge in [-0.3, -0.25) is 9.69 Å². The van der Waals surface area contributed by atoms with Crippen molar-refractivity contribution in [3.63, 3.8) is 0 Å². The quantitative estimate of drug-likeness (QED) is 0.786. The van der Waals surface area contributed by atoms with Crippen molar-refractivity contribution in [1.82, 2.24) is 14.7 Å². The van der Waals surface area contributed by atoms with Crippen LogP contribution in [0.15, 0.2) is 48.5 Å². The molecule has 0 radical (unpaired) electrons. The number of benzene rings is 2. The first-order valence-electron chi connectivity index (χ1n) is 9.82. The number of carbonyl (C=O) groups excluding carboxylic acids is 1. The molecule has 4 heteroatoms. The first-order chi connectivity index (χ1) is 13.0. The molecule has 1 saturated heterocycles. The van der Waals surface area contributed by atoms with Crippen LogP contribution in [0.5, 0.6) is 0 Å². The Morgan fingerprint density at radius 3 is 2.48 bits per heavy atom. The summed E-state index contributed by atoms with van der Waals surface area (Å²) in [6.45, 7) is 7.36. The molecular weight excluding hydrogens is 334 g/mol. The molecule has 2 aromatic carbocycles. The normalized spacial score (nSPS) is 16.0. The minimum absolute atomic E-state index is 0.285. The second kappa shape index (κ2) is 9.16. The summed E-state index contributed by atoms with van der Waals surface area (Å²) in [5.74, 6) is 0.285. The van der Waals surface area contributed by atoms with E-state index in [-0.39, 0.29) is 5.91 Å². The minimum Gasteiger partial charge on any atom is -0.340 e. The van der Waals surface area contributed by atoms with Crippen molar-refractivity contribution in [3.05, 3.63) is 59.7 Å². The lowest BCUT2D eigenvalue weighted by atomic mass is 10.0. The van der Waals surface area contributed by atoms with Crippen LogP contribution in [0.3, 0.4) is 0 Å². The van der Waals surface area contributed by atoms with Gasteiger partial charge < -0.3 is 9.80 Å². The van der Waals surface area contributed by atoms with Crippen LogP contribution in [0.4, 0.5) is 0 Å². The molecule has 0 atom stereocenters. The average Bonchev–Trinajstić information content (AvgIpc) is 2.82. The summed E-state index contributed by atoms with van der Waals surface area (Å²) in [5, 5.41) is 0. The van der Waals surface area contributed by atoms with E-state index in [2.05, 4.69) is 79.3 Å². The fourth-order valence-corrected chi connectivity index (χ4v) is 3.48. The zero-order valence-electron chi connectivity index (χ0n) is 16.8. The van der Waals surface area contributed by atoms with Crippen LogP contribution in [0.2, 0.25) is 0 Å². The fourth-order valence-electron chi connectivity index (χ4n) is 3.48. The SMILES string of the molecule is Cc1ccc(-c2cccc(CN3CCC(=O)N(CCN(C)C)CC3)c2)cc1. The second-order valence-electron chi connectivity index (χ2n) is 7.78. The topological polar surface area (TPSA) is 26.8 Å². The first kappa shape index (κ1) is 19.6. The Morgan fingerprint density at radius 1 is 0.963 bits per heavy atom. The fraction of sp³-hybridized carbons (Fsp3) is 0.435. The number of amides is 1. The van der Waals surface area contributed by atoms with Crippen molar-refractivity contribution in [1.29, 1.82) is 0 Å². The largest absolute Gasteiger partial charge is 0.340 e. The summed E-state index contributed by atoms with van der Waals surface area (Å²) < 4.78 is 0. The van der Waals surface area contributed by atoms with Gasteiger partial charge in [0, 0.05) is 45.7 Å². The molecule has 144 valence electrons. The zero-order valence-corrected chi connectivity index (χ0v) is 16.8. The molecule has 1 fully saturated rings. The molecule has 3 rings (SSSR count). The van der Waals surface area contributed by atoms with Crippen LogP contribution < -0.4 is 0 Å². The highest BCUT2D eigenvalue weighted by Crippen LogP contribution is 2.22. The molecular formula is C23H31N3O. The molecule has 1 aliphatic rings. The summed E-state index contributed by atoms with van der Waals surface area (Å²) in [7, 11) is 4.10. The van der Waals surface area contributed by atoms with E-state index in [1.54, 1.807) is 0 Å². The van der Waals surface area contributed by atoms with E-state index in [0.29, 0.717) is 6.42 Å². The zero-order chi connectivity index (χ0) is 19.2. The predicted molar refractivity (Wildman–Crippen MR) is 112 cm³/mol. The number of nitrogens with zero attached hydrogens (tertiary/aromatic N) is 3. The smallest absolute Gasteiger partial charge is 0.223 e. The summed E-state index contributed by atoms with van der Waals surface area (Å²) in [5.41, 5.74) is 5.10. The van der Waals surface area contributed by atoms with E-state index < -0.39 is 0 Å². The van der Waals surface area contributed by atoms with Crippen LogP contribution in [0.1, 0.15) is 17.5 Å².